The Morgan fingerprint density at radius 1 is 1.25 bits per heavy atom. The van der Waals surface area contributed by atoms with Crippen molar-refractivity contribution in [3.8, 4) is 0 Å². The summed E-state index contributed by atoms with van der Waals surface area (Å²) in [5, 5.41) is 6.43. The Morgan fingerprint density at radius 2 is 2.00 bits per heavy atom. The predicted molar refractivity (Wildman–Crippen MR) is 86.9 cm³/mol. The van der Waals surface area contributed by atoms with Gasteiger partial charge in [0.1, 0.15) is 11.5 Å². The smallest absolute Gasteiger partial charge is 0.276 e. The number of nitrogens with one attached hydrogen (secondary N) is 1. The summed E-state index contributed by atoms with van der Waals surface area (Å²) in [6, 6.07) is 7.11. The molecule has 0 aliphatic carbocycles. The van der Waals surface area contributed by atoms with Gasteiger partial charge in [0, 0.05) is 31.9 Å². The number of carbonyl (C=O) groups excluding carboxylic acids is 1. The largest absolute Gasteiger partial charge is 0.378 e. The van der Waals surface area contributed by atoms with Crippen molar-refractivity contribution in [3.05, 3.63) is 52.2 Å². The second kappa shape index (κ2) is 6.79. The number of benzene rings is 1. The second-order valence-corrected chi connectivity index (χ2v) is 5.40. The number of aryl methyl sites for hydroxylation is 1. The molecule has 1 amide bonds. The van der Waals surface area contributed by atoms with Crippen molar-refractivity contribution in [2.24, 2.45) is 7.05 Å². The zero-order valence-corrected chi connectivity index (χ0v) is 13.2. The summed E-state index contributed by atoms with van der Waals surface area (Å²) in [5.41, 5.74) is 0.573. The first kappa shape index (κ1) is 16.1. The Morgan fingerprint density at radius 3 is 2.67 bits per heavy atom. The van der Waals surface area contributed by atoms with E-state index in [1.807, 2.05) is 4.90 Å². The first-order valence-electron chi connectivity index (χ1n) is 7.52. The van der Waals surface area contributed by atoms with Crippen LogP contribution in [0.5, 0.6) is 0 Å². The van der Waals surface area contributed by atoms with Crippen molar-refractivity contribution in [3.63, 3.8) is 0 Å². The fourth-order valence-electron chi connectivity index (χ4n) is 2.46. The highest BCUT2D eigenvalue weighted by atomic mass is 19.1. The molecular weight excluding hydrogens is 315 g/mol. The molecule has 0 unspecified atom stereocenters. The maximum absolute atomic E-state index is 14.3. The third-order valence-electron chi connectivity index (χ3n) is 3.75. The lowest BCUT2D eigenvalue weighted by Gasteiger charge is -2.29. The highest BCUT2D eigenvalue weighted by Gasteiger charge is 2.16. The Labute approximate surface area is 137 Å². The summed E-state index contributed by atoms with van der Waals surface area (Å²) in [4.78, 5) is 25.3. The number of ether oxygens (including phenoxy) is 1. The highest BCUT2D eigenvalue weighted by Crippen LogP contribution is 2.23. The average Bonchev–Trinajstić information content (AvgIpc) is 2.58. The molecule has 1 aliphatic rings. The Balaban J connectivity index is 1.75. The minimum Gasteiger partial charge on any atom is -0.378 e. The van der Waals surface area contributed by atoms with Crippen LogP contribution in [-0.4, -0.2) is 42.0 Å². The van der Waals surface area contributed by atoms with E-state index in [1.54, 1.807) is 12.1 Å². The van der Waals surface area contributed by atoms with Crippen LogP contribution in [-0.2, 0) is 11.8 Å². The molecule has 1 saturated heterocycles. The Bertz CT molecular complexity index is 815. The lowest BCUT2D eigenvalue weighted by molar-refractivity contribution is 0.102. The predicted octanol–water partition coefficient (Wildman–Crippen LogP) is 1.01. The number of nitrogens with zero attached hydrogens (tertiary/aromatic N) is 3. The third-order valence-corrected chi connectivity index (χ3v) is 3.75. The molecule has 7 nitrogen and oxygen atoms in total. The van der Waals surface area contributed by atoms with Gasteiger partial charge in [-0.1, -0.05) is 0 Å². The molecule has 1 aromatic heterocycles. The maximum Gasteiger partial charge on any atom is 0.276 e. The molecule has 24 heavy (non-hydrogen) atoms. The quantitative estimate of drug-likeness (QED) is 0.908. The van der Waals surface area contributed by atoms with E-state index in [1.165, 1.54) is 25.2 Å². The van der Waals surface area contributed by atoms with Crippen molar-refractivity contribution >= 4 is 17.3 Å². The van der Waals surface area contributed by atoms with E-state index < -0.39 is 11.7 Å². The molecule has 1 N–H and O–H groups in total. The number of morpholine rings is 1. The minimum absolute atomic E-state index is 0.0785. The van der Waals surface area contributed by atoms with Gasteiger partial charge in [-0.25, -0.2) is 9.07 Å². The van der Waals surface area contributed by atoms with Gasteiger partial charge in [0.15, 0.2) is 0 Å². The van der Waals surface area contributed by atoms with Crippen molar-refractivity contribution in [2.45, 2.75) is 0 Å². The number of rotatable bonds is 3. The summed E-state index contributed by atoms with van der Waals surface area (Å²) in [7, 11) is 1.45. The third kappa shape index (κ3) is 3.43. The number of amides is 1. The van der Waals surface area contributed by atoms with E-state index in [2.05, 4.69) is 10.4 Å². The van der Waals surface area contributed by atoms with Crippen LogP contribution in [0, 0.1) is 5.82 Å². The first-order chi connectivity index (χ1) is 11.5. The standard InChI is InChI=1S/C16H17FN4O3/c1-20-15(22)5-3-13(19-20)16(23)18-11-2-4-14(12(17)10-11)21-6-8-24-9-7-21/h2-5,10H,6-9H2,1H3,(H,18,23). The Kier molecular flexibility index (Phi) is 4.57. The van der Waals surface area contributed by atoms with Crippen LogP contribution in [0.2, 0.25) is 0 Å². The second-order valence-electron chi connectivity index (χ2n) is 5.40. The zero-order valence-electron chi connectivity index (χ0n) is 13.2. The van der Waals surface area contributed by atoms with Crippen LogP contribution in [0.25, 0.3) is 0 Å². The molecule has 8 heteroatoms. The molecule has 0 spiro atoms. The van der Waals surface area contributed by atoms with Crippen molar-refractivity contribution in [2.75, 3.05) is 36.5 Å². The van der Waals surface area contributed by atoms with E-state index in [-0.39, 0.29) is 11.3 Å². The van der Waals surface area contributed by atoms with Crippen LogP contribution >= 0.6 is 0 Å². The van der Waals surface area contributed by atoms with Crippen LogP contribution < -0.4 is 15.8 Å². The molecule has 2 heterocycles. The van der Waals surface area contributed by atoms with E-state index in [0.717, 1.165) is 4.68 Å². The molecule has 126 valence electrons. The molecule has 3 rings (SSSR count). The van der Waals surface area contributed by atoms with E-state index in [9.17, 15) is 14.0 Å². The summed E-state index contributed by atoms with van der Waals surface area (Å²) in [6.07, 6.45) is 0. The minimum atomic E-state index is -0.510. The van der Waals surface area contributed by atoms with Gasteiger partial charge in [-0.15, -0.1) is 0 Å². The fraction of sp³-hybridized carbons (Fsp3) is 0.312. The normalized spacial score (nSPS) is 14.5. The Hall–Kier alpha value is -2.74. The lowest BCUT2D eigenvalue weighted by Crippen LogP contribution is -2.36. The molecule has 2 aromatic rings. The van der Waals surface area contributed by atoms with Gasteiger partial charge in [-0.05, 0) is 24.3 Å². The van der Waals surface area contributed by atoms with Crippen LogP contribution in [0.4, 0.5) is 15.8 Å². The number of hydrogen-bond acceptors (Lipinski definition) is 5. The summed E-state index contributed by atoms with van der Waals surface area (Å²) < 4.78 is 20.6. The SMILES string of the molecule is Cn1nc(C(=O)Nc2ccc(N3CCOCC3)c(F)c2)ccc1=O. The summed E-state index contributed by atoms with van der Waals surface area (Å²) in [6.45, 7) is 2.39. The molecule has 0 saturated carbocycles. The number of aromatic nitrogens is 2. The topological polar surface area (TPSA) is 76.5 Å². The van der Waals surface area contributed by atoms with Crippen LogP contribution in [0.3, 0.4) is 0 Å². The number of hydrogen-bond donors (Lipinski definition) is 1. The van der Waals surface area contributed by atoms with Gasteiger partial charge in [-0.2, -0.15) is 5.10 Å². The van der Waals surface area contributed by atoms with Gasteiger partial charge in [0.2, 0.25) is 0 Å². The van der Waals surface area contributed by atoms with E-state index >= 15 is 0 Å². The van der Waals surface area contributed by atoms with Gasteiger partial charge < -0.3 is 15.0 Å². The van der Waals surface area contributed by atoms with E-state index in [0.29, 0.717) is 37.7 Å². The van der Waals surface area contributed by atoms with Crippen LogP contribution in [0.1, 0.15) is 10.5 Å². The van der Waals surface area contributed by atoms with E-state index in [4.69, 9.17) is 4.74 Å². The lowest BCUT2D eigenvalue weighted by atomic mass is 10.2. The maximum atomic E-state index is 14.3. The highest BCUT2D eigenvalue weighted by molar-refractivity contribution is 6.02. The zero-order chi connectivity index (χ0) is 17.1. The number of carbonyl (C=O) groups is 1. The van der Waals surface area contributed by atoms with Gasteiger partial charge in [0.25, 0.3) is 11.5 Å². The molecule has 1 fully saturated rings. The van der Waals surface area contributed by atoms with Gasteiger partial charge in [-0.3, -0.25) is 9.59 Å². The molecule has 0 radical (unpaired) electrons. The molecule has 0 bridgehead atoms. The summed E-state index contributed by atoms with van der Waals surface area (Å²) >= 11 is 0. The van der Waals surface area contributed by atoms with Gasteiger partial charge >= 0.3 is 0 Å². The average molecular weight is 332 g/mol. The molecule has 1 aromatic carbocycles. The molecular formula is C16H17FN4O3. The molecule has 1 aliphatic heterocycles. The van der Waals surface area contributed by atoms with Gasteiger partial charge in [0.05, 0.1) is 18.9 Å². The fourth-order valence-corrected chi connectivity index (χ4v) is 2.46. The van der Waals surface area contributed by atoms with Crippen molar-refractivity contribution in [1.82, 2.24) is 9.78 Å². The number of anilines is 2. The molecule has 0 atom stereocenters. The van der Waals surface area contributed by atoms with Crippen LogP contribution in [0.15, 0.2) is 35.1 Å². The monoisotopic (exact) mass is 332 g/mol. The first-order valence-corrected chi connectivity index (χ1v) is 7.52. The van der Waals surface area contributed by atoms with Crippen molar-refractivity contribution in [1.29, 1.82) is 0 Å². The van der Waals surface area contributed by atoms with Crippen molar-refractivity contribution < 1.29 is 13.9 Å². The number of halogens is 1. The summed E-state index contributed by atoms with van der Waals surface area (Å²) in [5.74, 6) is -0.924.